The molecule has 0 unspecified atom stereocenters. The summed E-state index contributed by atoms with van der Waals surface area (Å²) in [5.74, 6) is -0.0833. The van der Waals surface area contributed by atoms with E-state index in [-0.39, 0.29) is 17.5 Å². The van der Waals surface area contributed by atoms with Gasteiger partial charge in [-0.15, -0.1) is 0 Å². The summed E-state index contributed by atoms with van der Waals surface area (Å²) in [4.78, 5) is 13.7. The lowest BCUT2D eigenvalue weighted by molar-refractivity contribution is -0.117. The van der Waals surface area contributed by atoms with Gasteiger partial charge in [0.25, 0.3) is 0 Å². The van der Waals surface area contributed by atoms with E-state index in [4.69, 9.17) is 10.2 Å². The van der Waals surface area contributed by atoms with Crippen LogP contribution in [0.2, 0.25) is 18.1 Å². The molecule has 0 radical (unpaired) electrons. The van der Waals surface area contributed by atoms with Crippen LogP contribution in [-0.4, -0.2) is 33.9 Å². The lowest BCUT2D eigenvalue weighted by Crippen LogP contribution is -2.44. The first-order valence-electron chi connectivity index (χ1n) is 7.38. The first kappa shape index (κ1) is 17.9. The lowest BCUT2D eigenvalue weighted by atomic mass is 10.2. The predicted octanol–water partition coefficient (Wildman–Crippen LogP) is 3.00. The summed E-state index contributed by atoms with van der Waals surface area (Å²) < 4.78 is 6.14. The molecule has 0 spiro atoms. The molecule has 1 aromatic carbocycles. The zero-order chi connectivity index (χ0) is 16.1. The molecule has 0 aliphatic heterocycles. The highest BCUT2D eigenvalue weighted by Crippen LogP contribution is 2.36. The zero-order valence-electron chi connectivity index (χ0n) is 13.8. The average Bonchev–Trinajstić information content (AvgIpc) is 2.42. The van der Waals surface area contributed by atoms with Gasteiger partial charge in [0.15, 0.2) is 8.32 Å². The number of nitrogens with zero attached hydrogens (tertiary/aromatic N) is 1. The molecule has 0 aliphatic rings. The molecular weight excluding hydrogens is 280 g/mol. The minimum Gasteiger partial charge on any atom is -0.415 e. The van der Waals surface area contributed by atoms with Crippen molar-refractivity contribution in [3.63, 3.8) is 0 Å². The molecule has 0 bridgehead atoms. The van der Waals surface area contributed by atoms with Gasteiger partial charge in [-0.1, -0.05) is 39.0 Å². The van der Waals surface area contributed by atoms with Gasteiger partial charge < -0.3 is 15.1 Å². The quantitative estimate of drug-likeness (QED) is 0.822. The standard InChI is InChI=1S/C16H28N2O2Si/c1-16(2,3)21(4,5)20-12-11-18(15(19)13-17)14-9-7-6-8-10-14/h6-10H,11-13,17H2,1-5H3. The number of benzene rings is 1. The second-order valence-corrected chi connectivity index (χ2v) is 11.5. The maximum absolute atomic E-state index is 12.0. The molecule has 5 heteroatoms. The van der Waals surface area contributed by atoms with Gasteiger partial charge in [0.1, 0.15) is 0 Å². The van der Waals surface area contributed by atoms with Gasteiger partial charge >= 0.3 is 0 Å². The van der Waals surface area contributed by atoms with Crippen molar-refractivity contribution in [3.8, 4) is 0 Å². The van der Waals surface area contributed by atoms with E-state index in [9.17, 15) is 4.79 Å². The van der Waals surface area contributed by atoms with Crippen LogP contribution in [0.3, 0.4) is 0 Å². The normalized spacial score (nSPS) is 12.3. The van der Waals surface area contributed by atoms with E-state index in [1.54, 1.807) is 4.90 Å². The number of hydrogen-bond donors (Lipinski definition) is 1. The summed E-state index contributed by atoms with van der Waals surface area (Å²) in [7, 11) is -1.79. The molecular formula is C16H28N2O2Si. The number of nitrogens with two attached hydrogens (primary N) is 1. The van der Waals surface area contributed by atoms with Gasteiger partial charge in [0, 0.05) is 12.2 Å². The molecule has 4 nitrogen and oxygen atoms in total. The summed E-state index contributed by atoms with van der Waals surface area (Å²) in [6.07, 6.45) is 0. The highest BCUT2D eigenvalue weighted by atomic mass is 28.4. The fourth-order valence-corrected chi connectivity index (χ4v) is 2.76. The van der Waals surface area contributed by atoms with E-state index in [0.29, 0.717) is 13.2 Å². The van der Waals surface area contributed by atoms with Crippen molar-refractivity contribution in [2.45, 2.75) is 38.9 Å². The third-order valence-corrected chi connectivity index (χ3v) is 8.67. The van der Waals surface area contributed by atoms with Crippen molar-refractivity contribution < 1.29 is 9.22 Å². The summed E-state index contributed by atoms with van der Waals surface area (Å²) in [6.45, 7) is 12.1. The van der Waals surface area contributed by atoms with Crippen LogP contribution in [0.25, 0.3) is 0 Å². The van der Waals surface area contributed by atoms with Crippen molar-refractivity contribution in [2.24, 2.45) is 5.73 Å². The Hall–Kier alpha value is -1.17. The summed E-state index contributed by atoms with van der Waals surface area (Å²) in [5.41, 5.74) is 6.38. The van der Waals surface area contributed by atoms with E-state index in [0.717, 1.165) is 5.69 Å². The number of carbonyl (C=O) groups excluding carboxylic acids is 1. The Morgan fingerprint density at radius 3 is 2.29 bits per heavy atom. The van der Waals surface area contributed by atoms with Crippen molar-refractivity contribution in [1.29, 1.82) is 0 Å². The van der Waals surface area contributed by atoms with Crippen molar-refractivity contribution in [1.82, 2.24) is 0 Å². The number of hydrogen-bond acceptors (Lipinski definition) is 3. The Bertz CT molecular complexity index is 455. The van der Waals surface area contributed by atoms with Crippen LogP contribution >= 0.6 is 0 Å². The molecule has 1 aromatic rings. The van der Waals surface area contributed by atoms with Gasteiger partial charge in [0.05, 0.1) is 13.2 Å². The minimum atomic E-state index is -1.79. The van der Waals surface area contributed by atoms with Crippen LogP contribution in [0.15, 0.2) is 30.3 Å². The molecule has 0 atom stereocenters. The summed E-state index contributed by atoms with van der Waals surface area (Å²) >= 11 is 0. The molecule has 0 aromatic heterocycles. The van der Waals surface area contributed by atoms with E-state index < -0.39 is 8.32 Å². The molecule has 21 heavy (non-hydrogen) atoms. The monoisotopic (exact) mass is 308 g/mol. The summed E-state index contributed by atoms with van der Waals surface area (Å²) in [5, 5.41) is 0.169. The maximum Gasteiger partial charge on any atom is 0.240 e. The second-order valence-electron chi connectivity index (χ2n) is 6.69. The third-order valence-electron chi connectivity index (χ3n) is 4.13. The molecule has 0 aliphatic carbocycles. The van der Waals surface area contributed by atoms with Crippen molar-refractivity contribution >= 4 is 19.9 Å². The van der Waals surface area contributed by atoms with Crippen LogP contribution in [0.4, 0.5) is 5.69 Å². The largest absolute Gasteiger partial charge is 0.415 e. The molecule has 2 N–H and O–H groups in total. The Kier molecular flexibility index (Phi) is 6.13. The Labute approximate surface area is 129 Å². The minimum absolute atomic E-state index is 0.00892. The molecule has 1 rings (SSSR count). The molecule has 1 amide bonds. The Balaban J connectivity index is 2.70. The molecule has 118 valence electrons. The topological polar surface area (TPSA) is 55.6 Å². The smallest absolute Gasteiger partial charge is 0.240 e. The maximum atomic E-state index is 12.0. The van der Waals surface area contributed by atoms with Gasteiger partial charge in [-0.2, -0.15) is 0 Å². The fourth-order valence-electron chi connectivity index (χ4n) is 1.72. The molecule has 0 saturated heterocycles. The first-order valence-corrected chi connectivity index (χ1v) is 10.3. The number of para-hydroxylation sites is 1. The van der Waals surface area contributed by atoms with Crippen LogP contribution in [0, 0.1) is 0 Å². The van der Waals surface area contributed by atoms with Crippen LogP contribution < -0.4 is 10.6 Å². The molecule has 0 fully saturated rings. The number of carbonyl (C=O) groups is 1. The predicted molar refractivity (Wildman–Crippen MR) is 91.0 cm³/mol. The second kappa shape index (κ2) is 7.20. The number of rotatable bonds is 6. The van der Waals surface area contributed by atoms with Crippen molar-refractivity contribution in [2.75, 3.05) is 24.6 Å². The fraction of sp³-hybridized carbons (Fsp3) is 0.562. The third kappa shape index (κ3) is 4.95. The number of amides is 1. The lowest BCUT2D eigenvalue weighted by Gasteiger charge is -2.36. The van der Waals surface area contributed by atoms with Crippen molar-refractivity contribution in [3.05, 3.63) is 30.3 Å². The highest BCUT2D eigenvalue weighted by molar-refractivity contribution is 6.74. The van der Waals surface area contributed by atoms with Crippen LogP contribution in [-0.2, 0) is 9.22 Å². The molecule has 0 saturated carbocycles. The van der Waals surface area contributed by atoms with Crippen LogP contribution in [0.5, 0.6) is 0 Å². The average molecular weight is 308 g/mol. The van der Waals surface area contributed by atoms with Crippen LogP contribution in [0.1, 0.15) is 20.8 Å². The van der Waals surface area contributed by atoms with E-state index in [2.05, 4.69) is 33.9 Å². The number of anilines is 1. The molecule has 0 heterocycles. The zero-order valence-corrected chi connectivity index (χ0v) is 14.8. The first-order chi connectivity index (χ1) is 9.69. The Morgan fingerprint density at radius 2 is 1.81 bits per heavy atom. The van der Waals surface area contributed by atoms with Gasteiger partial charge in [-0.05, 0) is 30.3 Å². The SMILES string of the molecule is CC(C)(C)[Si](C)(C)OCCN(C(=O)CN)c1ccccc1. The Morgan fingerprint density at radius 1 is 1.24 bits per heavy atom. The van der Waals surface area contributed by atoms with E-state index in [1.165, 1.54) is 0 Å². The van der Waals surface area contributed by atoms with E-state index in [1.807, 2.05) is 30.3 Å². The van der Waals surface area contributed by atoms with Gasteiger partial charge in [-0.3, -0.25) is 4.79 Å². The van der Waals surface area contributed by atoms with E-state index >= 15 is 0 Å². The van der Waals surface area contributed by atoms with Gasteiger partial charge in [-0.25, -0.2) is 0 Å². The summed E-state index contributed by atoms with van der Waals surface area (Å²) in [6, 6.07) is 9.60. The highest BCUT2D eigenvalue weighted by Gasteiger charge is 2.37. The van der Waals surface area contributed by atoms with Gasteiger partial charge in [0.2, 0.25) is 5.91 Å².